The first-order valence-corrected chi connectivity index (χ1v) is 6.42. The minimum atomic E-state index is -0.0906. The van der Waals surface area contributed by atoms with Gasteiger partial charge in [0, 0.05) is 11.8 Å². The zero-order valence-corrected chi connectivity index (χ0v) is 10.3. The lowest BCUT2D eigenvalue weighted by Crippen LogP contribution is -2.10. The van der Waals surface area contributed by atoms with E-state index in [0.717, 1.165) is 11.3 Å². The smallest absolute Gasteiger partial charge is 0.266 e. The molecule has 0 saturated heterocycles. The molecule has 88 valence electrons. The molecule has 0 bridgehead atoms. The SMILES string of the molecule is O=C(c1cccs1)n1ccc(-c2ccccc2)n1. The van der Waals surface area contributed by atoms with Gasteiger partial charge in [0.1, 0.15) is 0 Å². The van der Waals surface area contributed by atoms with Crippen LogP contribution >= 0.6 is 11.3 Å². The van der Waals surface area contributed by atoms with Gasteiger partial charge in [-0.3, -0.25) is 4.79 Å². The first-order chi connectivity index (χ1) is 8.84. The number of hydrogen-bond donors (Lipinski definition) is 0. The maximum absolute atomic E-state index is 12.1. The molecule has 0 unspecified atom stereocenters. The van der Waals surface area contributed by atoms with Gasteiger partial charge in [-0.2, -0.15) is 5.10 Å². The van der Waals surface area contributed by atoms with Crippen molar-refractivity contribution >= 4 is 17.2 Å². The molecule has 0 N–H and O–H groups in total. The molecule has 3 aromatic rings. The van der Waals surface area contributed by atoms with Gasteiger partial charge >= 0.3 is 0 Å². The maximum atomic E-state index is 12.1. The lowest BCUT2D eigenvalue weighted by Gasteiger charge is -1.97. The molecule has 0 aliphatic rings. The molecular formula is C14H10N2OS. The zero-order valence-electron chi connectivity index (χ0n) is 9.48. The van der Waals surface area contributed by atoms with Gasteiger partial charge in [0.15, 0.2) is 0 Å². The Hall–Kier alpha value is -2.20. The second-order valence-electron chi connectivity index (χ2n) is 3.79. The minimum Gasteiger partial charge on any atom is -0.266 e. The second kappa shape index (κ2) is 4.58. The van der Waals surface area contributed by atoms with Gasteiger partial charge in [0.05, 0.1) is 10.6 Å². The molecular weight excluding hydrogens is 244 g/mol. The van der Waals surface area contributed by atoms with E-state index in [9.17, 15) is 4.79 Å². The van der Waals surface area contributed by atoms with Crippen LogP contribution in [0.1, 0.15) is 9.67 Å². The number of thiophene rings is 1. The average molecular weight is 254 g/mol. The van der Waals surface area contributed by atoms with Crippen molar-refractivity contribution in [1.29, 1.82) is 0 Å². The topological polar surface area (TPSA) is 34.9 Å². The van der Waals surface area contributed by atoms with E-state index in [4.69, 9.17) is 0 Å². The Morgan fingerprint density at radius 3 is 2.61 bits per heavy atom. The molecule has 0 saturated carbocycles. The number of aromatic nitrogens is 2. The van der Waals surface area contributed by atoms with E-state index in [0.29, 0.717) is 4.88 Å². The van der Waals surface area contributed by atoms with Crippen molar-refractivity contribution < 1.29 is 4.79 Å². The van der Waals surface area contributed by atoms with E-state index < -0.39 is 0 Å². The third kappa shape index (κ3) is 1.98. The fourth-order valence-corrected chi connectivity index (χ4v) is 2.37. The second-order valence-corrected chi connectivity index (χ2v) is 4.74. The van der Waals surface area contributed by atoms with Crippen LogP contribution < -0.4 is 0 Å². The molecule has 0 atom stereocenters. The molecule has 2 aromatic heterocycles. The fourth-order valence-electron chi connectivity index (χ4n) is 1.71. The molecule has 18 heavy (non-hydrogen) atoms. The lowest BCUT2D eigenvalue weighted by atomic mass is 10.2. The summed E-state index contributed by atoms with van der Waals surface area (Å²) in [6, 6.07) is 15.3. The Bertz CT molecular complexity index is 656. The van der Waals surface area contributed by atoms with Gasteiger partial charge in [-0.15, -0.1) is 11.3 Å². The monoisotopic (exact) mass is 254 g/mol. The van der Waals surface area contributed by atoms with Gasteiger partial charge in [-0.1, -0.05) is 36.4 Å². The van der Waals surface area contributed by atoms with Crippen LogP contribution in [0.4, 0.5) is 0 Å². The summed E-state index contributed by atoms with van der Waals surface area (Å²) in [6.07, 6.45) is 1.70. The molecule has 0 fully saturated rings. The zero-order chi connectivity index (χ0) is 12.4. The number of rotatable bonds is 2. The first kappa shape index (κ1) is 10.9. The Labute approximate surface area is 108 Å². The number of nitrogens with zero attached hydrogens (tertiary/aromatic N) is 2. The highest BCUT2D eigenvalue weighted by atomic mass is 32.1. The van der Waals surface area contributed by atoms with Gasteiger partial charge in [0.2, 0.25) is 0 Å². The van der Waals surface area contributed by atoms with Crippen molar-refractivity contribution in [2.24, 2.45) is 0 Å². The van der Waals surface area contributed by atoms with Crippen molar-refractivity contribution in [3.8, 4) is 11.3 Å². The Morgan fingerprint density at radius 2 is 1.89 bits per heavy atom. The summed E-state index contributed by atoms with van der Waals surface area (Å²) in [4.78, 5) is 12.8. The molecule has 0 spiro atoms. The maximum Gasteiger partial charge on any atom is 0.288 e. The predicted molar refractivity (Wildman–Crippen MR) is 71.7 cm³/mol. The van der Waals surface area contributed by atoms with E-state index in [2.05, 4.69) is 5.10 Å². The highest BCUT2D eigenvalue weighted by Gasteiger charge is 2.11. The van der Waals surface area contributed by atoms with Crippen molar-refractivity contribution in [3.63, 3.8) is 0 Å². The summed E-state index contributed by atoms with van der Waals surface area (Å²) < 4.78 is 1.38. The molecule has 3 nitrogen and oxygen atoms in total. The summed E-state index contributed by atoms with van der Waals surface area (Å²) in [6.45, 7) is 0. The van der Waals surface area contributed by atoms with Crippen molar-refractivity contribution in [2.75, 3.05) is 0 Å². The van der Waals surface area contributed by atoms with Crippen molar-refractivity contribution in [1.82, 2.24) is 9.78 Å². The van der Waals surface area contributed by atoms with Crippen LogP contribution in [0.3, 0.4) is 0 Å². The van der Waals surface area contributed by atoms with Gasteiger partial charge in [0.25, 0.3) is 5.91 Å². The van der Waals surface area contributed by atoms with Gasteiger partial charge < -0.3 is 0 Å². The van der Waals surface area contributed by atoms with Crippen LogP contribution in [0.25, 0.3) is 11.3 Å². The predicted octanol–water partition coefficient (Wildman–Crippen LogP) is 3.30. The number of benzene rings is 1. The number of carbonyl (C=O) groups is 1. The van der Waals surface area contributed by atoms with E-state index in [1.54, 1.807) is 12.3 Å². The Morgan fingerprint density at radius 1 is 1.06 bits per heavy atom. The minimum absolute atomic E-state index is 0.0906. The van der Waals surface area contributed by atoms with Gasteiger partial charge in [-0.25, -0.2) is 4.68 Å². The third-order valence-electron chi connectivity index (χ3n) is 2.60. The fraction of sp³-hybridized carbons (Fsp3) is 0. The van der Waals surface area contributed by atoms with Crippen LogP contribution in [-0.2, 0) is 0 Å². The van der Waals surface area contributed by atoms with Crippen LogP contribution in [0, 0.1) is 0 Å². The lowest BCUT2D eigenvalue weighted by molar-refractivity contribution is 0.0949. The average Bonchev–Trinajstić information content (AvgIpc) is 3.10. The Kier molecular flexibility index (Phi) is 2.78. The highest BCUT2D eigenvalue weighted by molar-refractivity contribution is 7.12. The highest BCUT2D eigenvalue weighted by Crippen LogP contribution is 2.17. The number of carbonyl (C=O) groups excluding carboxylic acids is 1. The molecule has 0 aliphatic carbocycles. The van der Waals surface area contributed by atoms with Crippen LogP contribution in [-0.4, -0.2) is 15.7 Å². The summed E-state index contributed by atoms with van der Waals surface area (Å²) in [7, 11) is 0. The molecule has 0 amide bonds. The molecule has 3 rings (SSSR count). The summed E-state index contributed by atoms with van der Waals surface area (Å²) in [5, 5.41) is 6.19. The van der Waals surface area contributed by atoms with Crippen LogP contribution in [0.2, 0.25) is 0 Å². The molecule has 2 heterocycles. The summed E-state index contributed by atoms with van der Waals surface area (Å²) in [5.74, 6) is -0.0906. The normalized spacial score (nSPS) is 10.4. The van der Waals surface area contributed by atoms with Crippen LogP contribution in [0.15, 0.2) is 60.1 Å². The summed E-state index contributed by atoms with van der Waals surface area (Å²) >= 11 is 1.42. The van der Waals surface area contributed by atoms with Gasteiger partial charge in [-0.05, 0) is 17.5 Å². The van der Waals surface area contributed by atoms with Crippen molar-refractivity contribution in [3.05, 3.63) is 65.0 Å². The largest absolute Gasteiger partial charge is 0.288 e. The Balaban J connectivity index is 1.93. The molecule has 4 heteroatoms. The standard InChI is InChI=1S/C14H10N2OS/c17-14(13-7-4-10-18-13)16-9-8-12(15-16)11-5-2-1-3-6-11/h1-10H. The van der Waals surface area contributed by atoms with E-state index in [-0.39, 0.29) is 5.91 Å². The molecule has 0 aliphatic heterocycles. The van der Waals surface area contributed by atoms with E-state index >= 15 is 0 Å². The number of hydrogen-bond acceptors (Lipinski definition) is 3. The van der Waals surface area contributed by atoms with E-state index in [1.165, 1.54) is 16.0 Å². The third-order valence-corrected chi connectivity index (χ3v) is 3.46. The first-order valence-electron chi connectivity index (χ1n) is 5.54. The molecule has 1 aromatic carbocycles. The van der Waals surface area contributed by atoms with Crippen molar-refractivity contribution in [2.45, 2.75) is 0 Å². The summed E-state index contributed by atoms with van der Waals surface area (Å²) in [5.41, 5.74) is 1.82. The van der Waals surface area contributed by atoms with Crippen LogP contribution in [0.5, 0.6) is 0 Å². The quantitative estimate of drug-likeness (QED) is 0.703. The van der Waals surface area contributed by atoms with E-state index in [1.807, 2.05) is 47.8 Å². The molecule has 0 radical (unpaired) electrons.